The summed E-state index contributed by atoms with van der Waals surface area (Å²) in [5, 5.41) is 12.3. The number of hydrogen-bond acceptors (Lipinski definition) is 3. The third-order valence-electron chi connectivity index (χ3n) is 3.55. The monoisotopic (exact) mass is 326 g/mol. The topological polar surface area (TPSA) is 61.8 Å². The zero-order valence-electron chi connectivity index (χ0n) is 14.5. The molecule has 1 aromatic carbocycles. The highest BCUT2D eigenvalue weighted by Gasteiger charge is 2.22. The van der Waals surface area contributed by atoms with Crippen molar-refractivity contribution in [1.82, 2.24) is 10.2 Å². The van der Waals surface area contributed by atoms with Crippen LogP contribution in [0.15, 0.2) is 18.2 Å². The molecule has 1 unspecified atom stereocenters. The van der Waals surface area contributed by atoms with Crippen LogP contribution in [0.1, 0.15) is 32.8 Å². The maximum Gasteiger partial charge on any atom is 0.317 e. The Morgan fingerprint density at radius 3 is 2.65 bits per heavy atom. The molecule has 0 heterocycles. The number of urea groups is 1. The Labute approximate surface area is 137 Å². The van der Waals surface area contributed by atoms with Crippen LogP contribution in [0.4, 0.5) is 9.18 Å². The van der Waals surface area contributed by atoms with E-state index in [9.17, 15) is 14.3 Å². The molecule has 0 aliphatic heterocycles. The first-order valence-electron chi connectivity index (χ1n) is 7.64. The molecule has 0 saturated heterocycles. The van der Waals surface area contributed by atoms with Crippen molar-refractivity contribution in [2.75, 3.05) is 20.7 Å². The highest BCUT2D eigenvalue weighted by atomic mass is 19.1. The van der Waals surface area contributed by atoms with Crippen molar-refractivity contribution in [1.29, 1.82) is 0 Å². The lowest BCUT2D eigenvalue weighted by atomic mass is 9.87. The van der Waals surface area contributed by atoms with Gasteiger partial charge in [-0.25, -0.2) is 9.18 Å². The Morgan fingerprint density at radius 1 is 1.48 bits per heavy atom. The van der Waals surface area contributed by atoms with Gasteiger partial charge in [-0.1, -0.05) is 19.9 Å². The molecular formula is C17H27FN2O3. The fourth-order valence-corrected chi connectivity index (χ4v) is 2.48. The minimum Gasteiger partial charge on any atom is -0.494 e. The Kier molecular flexibility index (Phi) is 6.81. The molecule has 0 spiro atoms. The van der Waals surface area contributed by atoms with Crippen molar-refractivity contribution >= 4 is 6.03 Å². The van der Waals surface area contributed by atoms with Crippen LogP contribution in [0.25, 0.3) is 0 Å². The van der Waals surface area contributed by atoms with Crippen molar-refractivity contribution in [2.24, 2.45) is 5.41 Å². The van der Waals surface area contributed by atoms with E-state index in [1.54, 1.807) is 26.1 Å². The number of nitrogens with one attached hydrogen (secondary N) is 1. The van der Waals surface area contributed by atoms with Gasteiger partial charge in [0, 0.05) is 20.1 Å². The average Bonchev–Trinajstić information content (AvgIpc) is 2.43. The molecule has 0 aliphatic rings. The quantitative estimate of drug-likeness (QED) is 0.810. The van der Waals surface area contributed by atoms with Crippen LogP contribution in [-0.4, -0.2) is 42.8 Å². The summed E-state index contributed by atoms with van der Waals surface area (Å²) in [5.74, 6) is -0.266. The lowest BCUT2D eigenvalue weighted by Crippen LogP contribution is -2.42. The molecule has 0 saturated carbocycles. The molecule has 0 aliphatic carbocycles. The van der Waals surface area contributed by atoms with Gasteiger partial charge in [0.2, 0.25) is 0 Å². The smallest absolute Gasteiger partial charge is 0.317 e. The van der Waals surface area contributed by atoms with Crippen LogP contribution in [0.3, 0.4) is 0 Å². The maximum atomic E-state index is 13.7. The molecule has 23 heavy (non-hydrogen) atoms. The van der Waals surface area contributed by atoms with Gasteiger partial charge < -0.3 is 20.1 Å². The van der Waals surface area contributed by atoms with Crippen molar-refractivity contribution in [2.45, 2.75) is 39.8 Å². The maximum absolute atomic E-state index is 13.7. The molecule has 1 aromatic rings. The molecule has 5 nitrogen and oxygen atoms in total. The van der Waals surface area contributed by atoms with Crippen LogP contribution >= 0.6 is 0 Å². The normalized spacial score (nSPS) is 12.7. The first kappa shape index (κ1) is 19.2. The van der Waals surface area contributed by atoms with Crippen molar-refractivity contribution < 1.29 is 19.0 Å². The largest absolute Gasteiger partial charge is 0.494 e. The highest BCUT2D eigenvalue weighted by Crippen LogP contribution is 2.21. The van der Waals surface area contributed by atoms with Gasteiger partial charge in [0.15, 0.2) is 11.6 Å². The van der Waals surface area contributed by atoms with Gasteiger partial charge in [-0.15, -0.1) is 0 Å². The van der Waals surface area contributed by atoms with Crippen LogP contribution in [-0.2, 0) is 6.54 Å². The first-order chi connectivity index (χ1) is 10.6. The number of carbonyl (C=O) groups excluding carboxylic acids is 1. The predicted molar refractivity (Wildman–Crippen MR) is 87.9 cm³/mol. The number of carbonyl (C=O) groups is 1. The van der Waals surface area contributed by atoms with Gasteiger partial charge in [0.1, 0.15) is 0 Å². The second-order valence-electron chi connectivity index (χ2n) is 6.70. The van der Waals surface area contributed by atoms with Gasteiger partial charge in [-0.2, -0.15) is 0 Å². The standard InChI is InChI=1S/C17H27FN2O3/c1-12(21)9-17(2,3)11-19-16(22)20(4)10-13-6-7-15(23-5)14(18)8-13/h6-8,12,21H,9-11H2,1-5H3,(H,19,22). The number of hydrogen-bond donors (Lipinski definition) is 2. The number of methoxy groups -OCH3 is 1. The van der Waals surface area contributed by atoms with Gasteiger partial charge >= 0.3 is 6.03 Å². The molecule has 0 bridgehead atoms. The molecule has 2 amide bonds. The second-order valence-corrected chi connectivity index (χ2v) is 6.70. The molecule has 1 atom stereocenters. The van der Waals surface area contributed by atoms with Gasteiger partial charge in [-0.05, 0) is 36.5 Å². The number of aliphatic hydroxyl groups is 1. The Hall–Kier alpha value is -1.82. The number of ether oxygens (including phenoxy) is 1. The minimum absolute atomic E-state index is 0.181. The lowest BCUT2D eigenvalue weighted by molar-refractivity contribution is 0.127. The molecule has 0 radical (unpaired) electrons. The Morgan fingerprint density at radius 2 is 2.13 bits per heavy atom. The summed E-state index contributed by atoms with van der Waals surface area (Å²) in [5.41, 5.74) is 0.487. The van der Waals surface area contributed by atoms with Crippen LogP contribution in [0.5, 0.6) is 5.75 Å². The van der Waals surface area contributed by atoms with E-state index < -0.39 is 11.9 Å². The molecule has 0 fully saturated rings. The van der Waals surface area contributed by atoms with E-state index in [0.29, 0.717) is 25.1 Å². The van der Waals surface area contributed by atoms with E-state index in [1.807, 2.05) is 13.8 Å². The molecule has 130 valence electrons. The summed E-state index contributed by atoms with van der Waals surface area (Å²) < 4.78 is 18.5. The van der Waals surface area contributed by atoms with Gasteiger partial charge in [-0.3, -0.25) is 0 Å². The Balaban J connectivity index is 2.55. The number of rotatable bonds is 7. The van der Waals surface area contributed by atoms with Gasteiger partial charge in [0.25, 0.3) is 0 Å². The zero-order valence-corrected chi connectivity index (χ0v) is 14.5. The van der Waals surface area contributed by atoms with E-state index in [2.05, 4.69) is 5.32 Å². The van der Waals surface area contributed by atoms with E-state index >= 15 is 0 Å². The van der Waals surface area contributed by atoms with Gasteiger partial charge in [0.05, 0.1) is 13.2 Å². The minimum atomic E-state index is -0.447. The summed E-state index contributed by atoms with van der Waals surface area (Å²) in [4.78, 5) is 13.6. The van der Waals surface area contributed by atoms with Crippen LogP contribution < -0.4 is 10.1 Å². The van der Waals surface area contributed by atoms with E-state index in [0.717, 1.165) is 0 Å². The van der Waals surface area contributed by atoms with E-state index in [-0.39, 0.29) is 17.2 Å². The lowest BCUT2D eigenvalue weighted by Gasteiger charge is -2.28. The number of amides is 2. The van der Waals surface area contributed by atoms with Crippen molar-refractivity contribution in [3.8, 4) is 5.75 Å². The number of halogens is 1. The number of aliphatic hydroxyl groups excluding tert-OH is 1. The summed E-state index contributed by atoms with van der Waals surface area (Å²) in [6.07, 6.45) is 0.183. The predicted octanol–water partition coefficient (Wildman–Crippen LogP) is 2.77. The number of nitrogens with zero attached hydrogens (tertiary/aromatic N) is 1. The summed E-state index contributed by atoms with van der Waals surface area (Å²) in [7, 11) is 3.06. The summed E-state index contributed by atoms with van der Waals surface area (Å²) >= 11 is 0. The second kappa shape index (κ2) is 8.15. The third kappa shape index (κ3) is 6.44. The zero-order chi connectivity index (χ0) is 17.6. The van der Waals surface area contributed by atoms with E-state index in [1.165, 1.54) is 18.1 Å². The Bertz CT molecular complexity index is 533. The molecule has 2 N–H and O–H groups in total. The summed E-state index contributed by atoms with van der Waals surface area (Å²) in [6.45, 7) is 6.45. The third-order valence-corrected chi connectivity index (χ3v) is 3.55. The molecular weight excluding hydrogens is 299 g/mol. The van der Waals surface area contributed by atoms with Crippen LogP contribution in [0, 0.1) is 11.2 Å². The fourth-order valence-electron chi connectivity index (χ4n) is 2.48. The fraction of sp³-hybridized carbons (Fsp3) is 0.588. The van der Waals surface area contributed by atoms with Crippen molar-refractivity contribution in [3.63, 3.8) is 0 Å². The van der Waals surface area contributed by atoms with Crippen LogP contribution in [0.2, 0.25) is 0 Å². The summed E-state index contributed by atoms with van der Waals surface area (Å²) in [6, 6.07) is 4.39. The number of benzene rings is 1. The molecule has 0 aromatic heterocycles. The van der Waals surface area contributed by atoms with E-state index in [4.69, 9.17) is 4.74 Å². The van der Waals surface area contributed by atoms with Crippen molar-refractivity contribution in [3.05, 3.63) is 29.6 Å². The average molecular weight is 326 g/mol. The SMILES string of the molecule is COc1ccc(CN(C)C(=O)NCC(C)(C)CC(C)O)cc1F. The highest BCUT2D eigenvalue weighted by molar-refractivity contribution is 5.73. The first-order valence-corrected chi connectivity index (χ1v) is 7.64. The molecule has 1 rings (SSSR count). The molecule has 6 heteroatoms.